The van der Waals surface area contributed by atoms with Crippen LogP contribution < -0.4 is 5.32 Å². The highest BCUT2D eigenvalue weighted by atomic mass is 31.2. The molecule has 0 spiro atoms. The highest BCUT2D eigenvalue weighted by Gasteiger charge is 2.23. The number of rotatable bonds is 7. The summed E-state index contributed by atoms with van der Waals surface area (Å²) in [5.41, 5.74) is 1.98. The molecule has 0 atom stereocenters. The van der Waals surface area contributed by atoms with E-state index in [0.29, 0.717) is 19.4 Å². The van der Waals surface area contributed by atoms with Crippen molar-refractivity contribution in [3.05, 3.63) is 29.8 Å². The van der Waals surface area contributed by atoms with Crippen LogP contribution in [0.1, 0.15) is 19.4 Å². The van der Waals surface area contributed by atoms with E-state index in [1.54, 1.807) is 0 Å². The molecule has 0 saturated heterocycles. The molecule has 96 valence electrons. The molecule has 4 nitrogen and oxygen atoms in total. The summed E-state index contributed by atoms with van der Waals surface area (Å²) in [5, 5.41) is 3.04. The van der Waals surface area contributed by atoms with Crippen molar-refractivity contribution in [3.63, 3.8) is 0 Å². The number of hydrogen-bond acceptors (Lipinski definition) is 4. The molecule has 0 unspecified atom stereocenters. The van der Waals surface area contributed by atoms with Gasteiger partial charge in [-0.05, 0) is 31.5 Å². The highest BCUT2D eigenvalue weighted by Crippen LogP contribution is 2.51. The third-order valence-corrected chi connectivity index (χ3v) is 4.33. The lowest BCUT2D eigenvalue weighted by Gasteiger charge is -2.17. The Bertz CT molecular complexity index is 368. The van der Waals surface area contributed by atoms with Crippen LogP contribution in [0.3, 0.4) is 0 Å². The van der Waals surface area contributed by atoms with Gasteiger partial charge < -0.3 is 14.4 Å². The lowest BCUT2D eigenvalue weighted by Crippen LogP contribution is -1.99. The Kier molecular flexibility index (Phi) is 5.69. The lowest BCUT2D eigenvalue weighted by atomic mass is 10.2. The van der Waals surface area contributed by atoms with Crippen molar-refractivity contribution in [1.82, 2.24) is 0 Å². The predicted octanol–water partition coefficient (Wildman–Crippen LogP) is 3.49. The number of anilines is 1. The minimum atomic E-state index is -2.99. The third-order valence-electron chi connectivity index (χ3n) is 2.27. The first-order valence-corrected chi connectivity index (χ1v) is 7.51. The first-order chi connectivity index (χ1) is 8.13. The van der Waals surface area contributed by atoms with E-state index in [1.807, 2.05) is 45.2 Å². The van der Waals surface area contributed by atoms with E-state index in [0.717, 1.165) is 11.3 Å². The van der Waals surface area contributed by atoms with Crippen molar-refractivity contribution in [2.75, 3.05) is 25.6 Å². The fourth-order valence-corrected chi connectivity index (χ4v) is 3.22. The molecule has 0 fully saturated rings. The molecule has 0 aliphatic carbocycles. The summed E-state index contributed by atoms with van der Waals surface area (Å²) in [5.74, 6) is 0. The van der Waals surface area contributed by atoms with Gasteiger partial charge in [-0.3, -0.25) is 4.57 Å². The second-order valence-corrected chi connectivity index (χ2v) is 5.61. The van der Waals surface area contributed by atoms with E-state index < -0.39 is 7.60 Å². The predicted molar refractivity (Wildman–Crippen MR) is 70.6 cm³/mol. The number of hydrogen-bond donors (Lipinski definition) is 1. The molecule has 1 aromatic carbocycles. The van der Waals surface area contributed by atoms with Gasteiger partial charge in [0.2, 0.25) is 0 Å². The standard InChI is InChI=1S/C12H20NO3P/c1-4-15-17(14,16-5-2)10-11-6-8-12(13-3)9-7-11/h6-9,13H,4-5,10H2,1-3H3. The van der Waals surface area contributed by atoms with Crippen LogP contribution in [0.5, 0.6) is 0 Å². The first kappa shape index (κ1) is 14.2. The largest absolute Gasteiger partial charge is 0.388 e. The van der Waals surface area contributed by atoms with Crippen molar-refractivity contribution in [3.8, 4) is 0 Å². The van der Waals surface area contributed by atoms with E-state index in [2.05, 4.69) is 5.32 Å². The molecule has 1 N–H and O–H groups in total. The first-order valence-electron chi connectivity index (χ1n) is 5.78. The lowest BCUT2D eigenvalue weighted by molar-refractivity contribution is 0.219. The zero-order chi connectivity index (χ0) is 12.7. The van der Waals surface area contributed by atoms with Gasteiger partial charge in [0, 0.05) is 12.7 Å². The summed E-state index contributed by atoms with van der Waals surface area (Å²) in [7, 11) is -1.12. The van der Waals surface area contributed by atoms with Gasteiger partial charge in [0.1, 0.15) is 0 Å². The van der Waals surface area contributed by atoms with Crippen LogP contribution >= 0.6 is 7.60 Å². The topological polar surface area (TPSA) is 47.6 Å². The van der Waals surface area contributed by atoms with Gasteiger partial charge in [-0.15, -0.1) is 0 Å². The normalized spacial score (nSPS) is 11.5. The average Bonchev–Trinajstić information content (AvgIpc) is 2.30. The minimum Gasteiger partial charge on any atom is -0.388 e. The Morgan fingerprint density at radius 2 is 1.65 bits per heavy atom. The summed E-state index contributed by atoms with van der Waals surface area (Å²) in [4.78, 5) is 0. The highest BCUT2D eigenvalue weighted by molar-refractivity contribution is 7.53. The number of nitrogens with one attached hydrogen (secondary N) is 1. The molecule has 0 aromatic heterocycles. The Balaban J connectivity index is 2.75. The van der Waals surface area contributed by atoms with Crippen molar-refractivity contribution in [2.24, 2.45) is 0 Å². The van der Waals surface area contributed by atoms with Gasteiger partial charge in [-0.1, -0.05) is 12.1 Å². The van der Waals surface area contributed by atoms with Crippen molar-refractivity contribution >= 4 is 13.3 Å². The molecule has 1 rings (SSSR count). The molecule has 0 aliphatic heterocycles. The maximum Gasteiger partial charge on any atom is 0.335 e. The second-order valence-electron chi connectivity index (χ2n) is 3.55. The van der Waals surface area contributed by atoms with Crippen LogP contribution in [0.25, 0.3) is 0 Å². The second kappa shape index (κ2) is 6.80. The van der Waals surface area contributed by atoms with Crippen LogP contribution in [0, 0.1) is 0 Å². The molecular weight excluding hydrogens is 237 g/mol. The van der Waals surface area contributed by atoms with Crippen LogP contribution in [0.4, 0.5) is 5.69 Å². The van der Waals surface area contributed by atoms with Crippen LogP contribution in [0.2, 0.25) is 0 Å². The Hall–Kier alpha value is -0.830. The van der Waals surface area contributed by atoms with Crippen molar-refractivity contribution in [2.45, 2.75) is 20.0 Å². The Labute approximate surface area is 103 Å². The van der Waals surface area contributed by atoms with Crippen molar-refractivity contribution in [1.29, 1.82) is 0 Å². The molecule has 5 heteroatoms. The van der Waals surface area contributed by atoms with E-state index >= 15 is 0 Å². The Morgan fingerprint density at radius 3 is 2.06 bits per heavy atom. The minimum absolute atomic E-state index is 0.318. The molecule has 0 bridgehead atoms. The monoisotopic (exact) mass is 257 g/mol. The fraction of sp³-hybridized carbons (Fsp3) is 0.500. The molecule has 0 heterocycles. The van der Waals surface area contributed by atoms with Gasteiger partial charge in [-0.2, -0.15) is 0 Å². The van der Waals surface area contributed by atoms with Gasteiger partial charge in [0.25, 0.3) is 0 Å². The average molecular weight is 257 g/mol. The van der Waals surface area contributed by atoms with Crippen LogP contribution in [-0.4, -0.2) is 20.3 Å². The molecule has 1 aromatic rings. The smallest absolute Gasteiger partial charge is 0.335 e. The quantitative estimate of drug-likeness (QED) is 0.759. The van der Waals surface area contributed by atoms with Crippen LogP contribution in [-0.2, 0) is 19.8 Å². The molecule has 0 aliphatic rings. The van der Waals surface area contributed by atoms with Gasteiger partial charge in [0.05, 0.1) is 19.4 Å². The van der Waals surface area contributed by atoms with E-state index in [9.17, 15) is 4.57 Å². The molecular formula is C12H20NO3P. The summed E-state index contributed by atoms with van der Waals surface area (Å²) in [6.07, 6.45) is 0.318. The SMILES string of the molecule is CCOP(=O)(Cc1ccc(NC)cc1)OCC. The summed E-state index contributed by atoms with van der Waals surface area (Å²) in [6.45, 7) is 4.42. The summed E-state index contributed by atoms with van der Waals surface area (Å²) < 4.78 is 22.8. The fourth-order valence-electron chi connectivity index (χ4n) is 1.52. The van der Waals surface area contributed by atoms with E-state index in [1.165, 1.54) is 0 Å². The van der Waals surface area contributed by atoms with Crippen molar-refractivity contribution < 1.29 is 13.6 Å². The van der Waals surface area contributed by atoms with Gasteiger partial charge in [0.15, 0.2) is 0 Å². The maximum absolute atomic E-state index is 12.3. The molecule has 0 amide bonds. The molecule has 17 heavy (non-hydrogen) atoms. The number of benzene rings is 1. The maximum atomic E-state index is 12.3. The van der Waals surface area contributed by atoms with E-state index in [-0.39, 0.29) is 0 Å². The zero-order valence-corrected chi connectivity index (χ0v) is 11.5. The summed E-state index contributed by atoms with van der Waals surface area (Å²) in [6, 6.07) is 7.74. The zero-order valence-electron chi connectivity index (χ0n) is 10.6. The Morgan fingerprint density at radius 1 is 1.12 bits per heavy atom. The molecule has 0 radical (unpaired) electrons. The van der Waals surface area contributed by atoms with Crippen LogP contribution in [0.15, 0.2) is 24.3 Å². The van der Waals surface area contributed by atoms with Gasteiger partial charge in [-0.25, -0.2) is 0 Å². The van der Waals surface area contributed by atoms with Gasteiger partial charge >= 0.3 is 7.60 Å². The summed E-state index contributed by atoms with van der Waals surface area (Å²) >= 11 is 0. The molecule has 0 saturated carbocycles. The third kappa shape index (κ3) is 4.50. The van der Waals surface area contributed by atoms with E-state index in [4.69, 9.17) is 9.05 Å².